The molecular weight excluding hydrogens is 204 g/mol. The lowest BCUT2D eigenvalue weighted by Crippen LogP contribution is -2.51. The summed E-state index contributed by atoms with van der Waals surface area (Å²) in [4.78, 5) is 24.8. The fourth-order valence-electron chi connectivity index (χ4n) is 1.59. The first-order chi connectivity index (χ1) is 7.06. The molecule has 8 nitrogen and oxygen atoms in total. The number of piperidine rings is 1. The van der Waals surface area contributed by atoms with Crippen LogP contribution in [0.2, 0.25) is 0 Å². The first-order valence-corrected chi connectivity index (χ1v) is 4.33. The zero-order valence-corrected chi connectivity index (χ0v) is 7.78. The summed E-state index contributed by atoms with van der Waals surface area (Å²) in [6.45, 7) is -0.0592. The number of hydrogen-bond acceptors (Lipinski definition) is 3. The highest BCUT2D eigenvalue weighted by atomic mass is 16.4. The highest BCUT2D eigenvalue weighted by Gasteiger charge is 2.35. The molecule has 0 spiro atoms. The molecule has 1 aliphatic rings. The van der Waals surface area contributed by atoms with Crippen molar-refractivity contribution in [3.63, 3.8) is 0 Å². The van der Waals surface area contributed by atoms with Crippen LogP contribution in [0.25, 0.3) is 10.4 Å². The normalized spacial score (nSPS) is 25.5. The second-order valence-electron chi connectivity index (χ2n) is 3.23. The number of aliphatic carboxylic acids is 1. The first kappa shape index (κ1) is 11.1. The van der Waals surface area contributed by atoms with Crippen molar-refractivity contribution in [2.45, 2.75) is 24.9 Å². The molecule has 1 aliphatic heterocycles. The van der Waals surface area contributed by atoms with Crippen LogP contribution >= 0.6 is 0 Å². The Morgan fingerprint density at radius 3 is 2.53 bits per heavy atom. The number of carboxylic acid groups (broad SMARTS) is 2. The van der Waals surface area contributed by atoms with Gasteiger partial charge in [0.2, 0.25) is 0 Å². The second kappa shape index (κ2) is 4.52. The van der Waals surface area contributed by atoms with E-state index in [0.29, 0.717) is 6.42 Å². The Morgan fingerprint density at radius 1 is 1.40 bits per heavy atom. The standard InChI is InChI=1S/C7H10N4O4/c8-10-9-4-1-2-5(6(12)13)11(3-4)7(14)15/h4-5H,1-3H2,(H,12,13)(H,14,15)/t4-,5+/m0/s1. The molecule has 1 heterocycles. The van der Waals surface area contributed by atoms with Crippen LogP contribution in [-0.4, -0.2) is 45.8 Å². The summed E-state index contributed by atoms with van der Waals surface area (Å²) in [6, 6.07) is -1.51. The maximum absolute atomic E-state index is 10.7. The molecular formula is C7H10N4O4. The van der Waals surface area contributed by atoms with Gasteiger partial charge in [0.25, 0.3) is 0 Å². The maximum atomic E-state index is 10.7. The SMILES string of the molecule is [N-]=[N+]=N[C@H]1CC[C@H](C(=O)O)N(C(=O)O)C1. The third-order valence-corrected chi connectivity index (χ3v) is 2.30. The lowest BCUT2D eigenvalue weighted by molar-refractivity contribution is -0.143. The third kappa shape index (κ3) is 2.50. The van der Waals surface area contributed by atoms with Gasteiger partial charge in [-0.25, -0.2) is 9.59 Å². The monoisotopic (exact) mass is 214 g/mol. The topological polar surface area (TPSA) is 127 Å². The average molecular weight is 214 g/mol. The molecule has 0 aromatic carbocycles. The lowest BCUT2D eigenvalue weighted by Gasteiger charge is -2.33. The van der Waals surface area contributed by atoms with E-state index in [2.05, 4.69) is 10.0 Å². The number of amides is 1. The molecule has 0 radical (unpaired) electrons. The molecule has 0 bridgehead atoms. The number of rotatable bonds is 2. The van der Waals surface area contributed by atoms with Gasteiger partial charge in [0, 0.05) is 11.5 Å². The van der Waals surface area contributed by atoms with Gasteiger partial charge in [0.15, 0.2) is 0 Å². The van der Waals surface area contributed by atoms with Crippen LogP contribution in [0.4, 0.5) is 4.79 Å². The van der Waals surface area contributed by atoms with Gasteiger partial charge in [-0.05, 0) is 18.4 Å². The summed E-state index contributed by atoms with van der Waals surface area (Å²) in [5, 5.41) is 20.9. The number of carbonyl (C=O) groups is 2. The van der Waals surface area contributed by atoms with E-state index in [4.69, 9.17) is 15.7 Å². The minimum atomic E-state index is -1.31. The molecule has 1 rings (SSSR count). The molecule has 2 atom stereocenters. The largest absolute Gasteiger partial charge is 0.480 e. The Bertz CT molecular complexity index is 325. The van der Waals surface area contributed by atoms with E-state index in [-0.39, 0.29) is 13.0 Å². The Labute approximate surface area is 84.7 Å². The van der Waals surface area contributed by atoms with Crippen molar-refractivity contribution in [3.8, 4) is 0 Å². The van der Waals surface area contributed by atoms with Crippen molar-refractivity contribution < 1.29 is 19.8 Å². The second-order valence-corrected chi connectivity index (χ2v) is 3.23. The molecule has 1 saturated heterocycles. The Kier molecular flexibility index (Phi) is 3.35. The van der Waals surface area contributed by atoms with Gasteiger partial charge in [-0.3, -0.25) is 4.90 Å². The van der Waals surface area contributed by atoms with Crippen LogP contribution in [0.1, 0.15) is 12.8 Å². The molecule has 1 amide bonds. The van der Waals surface area contributed by atoms with Crippen LogP contribution in [0.15, 0.2) is 5.11 Å². The molecule has 0 aliphatic carbocycles. The van der Waals surface area contributed by atoms with Gasteiger partial charge in [-0.1, -0.05) is 5.11 Å². The Balaban J connectivity index is 2.77. The first-order valence-electron chi connectivity index (χ1n) is 4.33. The van der Waals surface area contributed by atoms with Crippen LogP contribution in [0, 0.1) is 0 Å². The van der Waals surface area contributed by atoms with Crippen LogP contribution in [0.3, 0.4) is 0 Å². The zero-order valence-electron chi connectivity index (χ0n) is 7.78. The summed E-state index contributed by atoms with van der Waals surface area (Å²) in [7, 11) is 0. The minimum absolute atomic E-state index is 0.0592. The van der Waals surface area contributed by atoms with Crippen LogP contribution < -0.4 is 0 Å². The van der Waals surface area contributed by atoms with Gasteiger partial charge in [-0.15, -0.1) is 0 Å². The van der Waals surface area contributed by atoms with E-state index in [1.54, 1.807) is 0 Å². The molecule has 82 valence electrons. The lowest BCUT2D eigenvalue weighted by atomic mass is 9.99. The molecule has 0 aromatic rings. The van der Waals surface area contributed by atoms with Gasteiger partial charge < -0.3 is 10.2 Å². The van der Waals surface area contributed by atoms with E-state index in [1.807, 2.05) is 0 Å². The predicted molar refractivity (Wildman–Crippen MR) is 48.3 cm³/mol. The predicted octanol–water partition coefficient (Wildman–Crippen LogP) is 0.892. The summed E-state index contributed by atoms with van der Waals surface area (Å²) >= 11 is 0. The van der Waals surface area contributed by atoms with E-state index in [0.717, 1.165) is 4.90 Å². The Morgan fingerprint density at radius 2 is 2.07 bits per heavy atom. The van der Waals surface area contributed by atoms with Crippen molar-refractivity contribution in [2.75, 3.05) is 6.54 Å². The third-order valence-electron chi connectivity index (χ3n) is 2.30. The molecule has 0 saturated carbocycles. The van der Waals surface area contributed by atoms with Crippen molar-refractivity contribution in [1.29, 1.82) is 0 Å². The van der Waals surface area contributed by atoms with E-state index in [9.17, 15) is 9.59 Å². The van der Waals surface area contributed by atoms with Crippen molar-refractivity contribution in [2.24, 2.45) is 5.11 Å². The summed E-state index contributed by atoms with van der Waals surface area (Å²) in [5.41, 5.74) is 8.19. The number of carboxylic acids is 1. The number of likely N-dealkylation sites (tertiary alicyclic amines) is 1. The van der Waals surface area contributed by atoms with Gasteiger partial charge in [0.05, 0.1) is 6.04 Å². The fraction of sp³-hybridized carbons (Fsp3) is 0.714. The number of azide groups is 1. The molecule has 0 unspecified atom stereocenters. The van der Waals surface area contributed by atoms with Crippen molar-refractivity contribution >= 4 is 12.1 Å². The quantitative estimate of drug-likeness (QED) is 0.402. The van der Waals surface area contributed by atoms with Crippen LogP contribution in [-0.2, 0) is 4.79 Å². The van der Waals surface area contributed by atoms with Gasteiger partial charge >= 0.3 is 12.1 Å². The fourth-order valence-corrected chi connectivity index (χ4v) is 1.59. The maximum Gasteiger partial charge on any atom is 0.408 e. The smallest absolute Gasteiger partial charge is 0.408 e. The molecule has 1 fully saturated rings. The van der Waals surface area contributed by atoms with E-state index >= 15 is 0 Å². The van der Waals surface area contributed by atoms with Crippen molar-refractivity contribution in [3.05, 3.63) is 10.4 Å². The molecule has 0 aromatic heterocycles. The average Bonchev–Trinajstić information content (AvgIpc) is 2.17. The minimum Gasteiger partial charge on any atom is -0.480 e. The number of hydrogen-bond donors (Lipinski definition) is 2. The van der Waals surface area contributed by atoms with E-state index in [1.165, 1.54) is 0 Å². The highest BCUT2D eigenvalue weighted by molar-refractivity contribution is 5.79. The summed E-state index contributed by atoms with van der Waals surface area (Å²) in [6.07, 6.45) is -0.740. The molecule has 2 N–H and O–H groups in total. The highest BCUT2D eigenvalue weighted by Crippen LogP contribution is 2.20. The summed E-state index contributed by atoms with van der Waals surface area (Å²) in [5.74, 6) is -1.17. The molecule has 8 heteroatoms. The van der Waals surface area contributed by atoms with Gasteiger partial charge in [0.1, 0.15) is 6.04 Å². The summed E-state index contributed by atoms with van der Waals surface area (Å²) < 4.78 is 0. The van der Waals surface area contributed by atoms with Crippen molar-refractivity contribution in [1.82, 2.24) is 4.90 Å². The Hall–Kier alpha value is -1.95. The number of nitrogens with zero attached hydrogens (tertiary/aromatic N) is 4. The van der Waals surface area contributed by atoms with E-state index < -0.39 is 24.1 Å². The molecule has 15 heavy (non-hydrogen) atoms. The van der Waals surface area contributed by atoms with Crippen LogP contribution in [0.5, 0.6) is 0 Å². The van der Waals surface area contributed by atoms with Gasteiger partial charge in [-0.2, -0.15) is 0 Å². The zero-order chi connectivity index (χ0) is 11.4.